The lowest BCUT2D eigenvalue weighted by Crippen LogP contribution is -2.40. The standard InChI is InChI=1S/C9H17NO2/c1-10-4-7-2-3-9(12,6-11)8(7)5-10/h7-8,11-12H,2-6H2,1H3/t7-,8+,9-/m0/s1. The summed E-state index contributed by atoms with van der Waals surface area (Å²) in [5, 5.41) is 19.1. The van der Waals surface area contributed by atoms with E-state index in [0.29, 0.717) is 11.8 Å². The van der Waals surface area contributed by atoms with Gasteiger partial charge in [0.25, 0.3) is 0 Å². The SMILES string of the molecule is CN1C[C@@H]2CC[C@](O)(CO)[C@@H]2C1. The minimum atomic E-state index is -0.768. The Morgan fingerprint density at radius 3 is 2.92 bits per heavy atom. The number of fused-ring (bicyclic) bond motifs is 1. The van der Waals surface area contributed by atoms with E-state index >= 15 is 0 Å². The first kappa shape index (κ1) is 8.48. The van der Waals surface area contributed by atoms with E-state index in [-0.39, 0.29) is 6.61 Å². The van der Waals surface area contributed by atoms with E-state index < -0.39 is 5.60 Å². The number of hydrogen-bond donors (Lipinski definition) is 2. The van der Waals surface area contributed by atoms with Gasteiger partial charge in [-0.25, -0.2) is 0 Å². The molecule has 0 aromatic rings. The second-order valence-corrected chi connectivity index (χ2v) is 4.39. The fourth-order valence-electron chi connectivity index (χ4n) is 2.81. The van der Waals surface area contributed by atoms with Crippen molar-refractivity contribution >= 4 is 0 Å². The highest BCUT2D eigenvalue weighted by molar-refractivity contribution is 5.01. The van der Waals surface area contributed by atoms with Crippen LogP contribution in [-0.2, 0) is 0 Å². The minimum absolute atomic E-state index is 0.0675. The summed E-state index contributed by atoms with van der Waals surface area (Å²) in [6.07, 6.45) is 1.86. The molecule has 2 N–H and O–H groups in total. The van der Waals surface area contributed by atoms with Crippen LogP contribution in [0.4, 0.5) is 0 Å². The van der Waals surface area contributed by atoms with Crippen LogP contribution < -0.4 is 0 Å². The summed E-state index contributed by atoms with van der Waals surface area (Å²) in [7, 11) is 2.08. The fourth-order valence-corrected chi connectivity index (χ4v) is 2.81. The average Bonchev–Trinajstić information content (AvgIpc) is 2.53. The molecule has 1 saturated heterocycles. The molecule has 3 nitrogen and oxygen atoms in total. The molecular weight excluding hydrogens is 154 g/mol. The molecule has 12 heavy (non-hydrogen) atoms. The molecule has 0 amide bonds. The van der Waals surface area contributed by atoms with Gasteiger partial charge >= 0.3 is 0 Å². The van der Waals surface area contributed by atoms with Crippen molar-refractivity contribution in [1.82, 2.24) is 4.90 Å². The average molecular weight is 171 g/mol. The number of nitrogens with zero attached hydrogens (tertiary/aromatic N) is 1. The van der Waals surface area contributed by atoms with Gasteiger partial charge in [0.1, 0.15) is 0 Å². The normalized spacial score (nSPS) is 48.2. The van der Waals surface area contributed by atoms with Crippen molar-refractivity contribution in [1.29, 1.82) is 0 Å². The Labute approximate surface area is 73.0 Å². The number of aliphatic hydroxyl groups is 2. The molecule has 3 atom stereocenters. The summed E-state index contributed by atoms with van der Waals surface area (Å²) in [5.74, 6) is 0.930. The topological polar surface area (TPSA) is 43.7 Å². The summed E-state index contributed by atoms with van der Waals surface area (Å²) in [5.41, 5.74) is -0.768. The van der Waals surface area contributed by atoms with Gasteiger partial charge in [0.15, 0.2) is 0 Å². The predicted molar refractivity (Wildman–Crippen MR) is 45.7 cm³/mol. The molecule has 0 radical (unpaired) electrons. The maximum atomic E-state index is 10.0. The van der Waals surface area contributed by atoms with E-state index in [2.05, 4.69) is 11.9 Å². The van der Waals surface area contributed by atoms with Gasteiger partial charge in [-0.3, -0.25) is 0 Å². The lowest BCUT2D eigenvalue weighted by atomic mass is 9.89. The van der Waals surface area contributed by atoms with Crippen LogP contribution in [0, 0.1) is 11.8 Å². The Balaban J connectivity index is 2.13. The Morgan fingerprint density at radius 1 is 1.50 bits per heavy atom. The van der Waals surface area contributed by atoms with Crippen LogP contribution in [0.1, 0.15) is 12.8 Å². The number of aliphatic hydroxyl groups excluding tert-OH is 1. The van der Waals surface area contributed by atoms with Gasteiger partial charge in [0.2, 0.25) is 0 Å². The van der Waals surface area contributed by atoms with E-state index in [1.807, 2.05) is 0 Å². The largest absolute Gasteiger partial charge is 0.393 e. The molecule has 1 aliphatic heterocycles. The van der Waals surface area contributed by atoms with E-state index in [0.717, 1.165) is 25.9 Å². The third-order valence-corrected chi connectivity index (χ3v) is 3.54. The molecule has 0 spiro atoms. The molecular formula is C9H17NO2. The van der Waals surface area contributed by atoms with Crippen LogP contribution in [0.5, 0.6) is 0 Å². The van der Waals surface area contributed by atoms with Crippen molar-refractivity contribution in [3.05, 3.63) is 0 Å². The van der Waals surface area contributed by atoms with Crippen LogP contribution in [0.15, 0.2) is 0 Å². The zero-order valence-electron chi connectivity index (χ0n) is 7.53. The molecule has 0 bridgehead atoms. The zero-order chi connectivity index (χ0) is 8.77. The molecule has 1 aliphatic carbocycles. The fraction of sp³-hybridized carbons (Fsp3) is 1.00. The Bertz CT molecular complexity index is 185. The molecule has 0 aromatic carbocycles. The Hall–Kier alpha value is -0.120. The van der Waals surface area contributed by atoms with E-state index in [4.69, 9.17) is 5.11 Å². The summed E-state index contributed by atoms with van der Waals surface area (Å²) >= 11 is 0. The number of rotatable bonds is 1. The van der Waals surface area contributed by atoms with Crippen molar-refractivity contribution in [2.45, 2.75) is 18.4 Å². The van der Waals surface area contributed by atoms with Crippen LogP contribution in [0.2, 0.25) is 0 Å². The van der Waals surface area contributed by atoms with Gasteiger partial charge in [0.05, 0.1) is 12.2 Å². The number of likely N-dealkylation sites (tertiary alicyclic amines) is 1. The van der Waals surface area contributed by atoms with Gasteiger partial charge in [-0.15, -0.1) is 0 Å². The number of hydrogen-bond acceptors (Lipinski definition) is 3. The summed E-state index contributed by atoms with van der Waals surface area (Å²) in [4.78, 5) is 2.25. The maximum Gasteiger partial charge on any atom is 0.0920 e. The third-order valence-electron chi connectivity index (χ3n) is 3.54. The van der Waals surface area contributed by atoms with Crippen molar-refractivity contribution in [3.63, 3.8) is 0 Å². The first-order chi connectivity index (χ1) is 5.65. The van der Waals surface area contributed by atoms with Crippen LogP contribution in [0.25, 0.3) is 0 Å². The molecule has 70 valence electrons. The Kier molecular flexibility index (Phi) is 1.90. The summed E-state index contributed by atoms with van der Waals surface area (Å²) in [6, 6.07) is 0. The molecule has 1 heterocycles. The molecule has 2 rings (SSSR count). The van der Waals surface area contributed by atoms with Crippen molar-refractivity contribution in [2.24, 2.45) is 11.8 Å². The van der Waals surface area contributed by atoms with Gasteiger partial charge in [-0.2, -0.15) is 0 Å². The smallest absolute Gasteiger partial charge is 0.0920 e. The second-order valence-electron chi connectivity index (χ2n) is 4.39. The summed E-state index contributed by atoms with van der Waals surface area (Å²) < 4.78 is 0. The second kappa shape index (κ2) is 2.69. The molecule has 3 heteroatoms. The lowest BCUT2D eigenvalue weighted by Gasteiger charge is -2.27. The quantitative estimate of drug-likeness (QED) is 0.568. The van der Waals surface area contributed by atoms with E-state index in [1.165, 1.54) is 0 Å². The predicted octanol–water partition coefficient (Wildman–Crippen LogP) is -0.319. The molecule has 1 saturated carbocycles. The van der Waals surface area contributed by atoms with Crippen LogP contribution in [0.3, 0.4) is 0 Å². The van der Waals surface area contributed by atoms with E-state index in [9.17, 15) is 5.11 Å². The van der Waals surface area contributed by atoms with Gasteiger partial charge in [-0.05, 0) is 25.8 Å². The Morgan fingerprint density at radius 2 is 2.25 bits per heavy atom. The van der Waals surface area contributed by atoms with Crippen molar-refractivity contribution < 1.29 is 10.2 Å². The molecule has 0 aromatic heterocycles. The van der Waals surface area contributed by atoms with Crippen molar-refractivity contribution in [2.75, 3.05) is 26.7 Å². The third kappa shape index (κ3) is 1.08. The lowest BCUT2D eigenvalue weighted by molar-refractivity contribution is -0.0464. The highest BCUT2D eigenvalue weighted by Gasteiger charge is 2.50. The maximum absolute atomic E-state index is 10.0. The van der Waals surface area contributed by atoms with Crippen molar-refractivity contribution in [3.8, 4) is 0 Å². The first-order valence-electron chi connectivity index (χ1n) is 4.67. The molecule has 2 fully saturated rings. The van der Waals surface area contributed by atoms with Gasteiger partial charge < -0.3 is 15.1 Å². The van der Waals surface area contributed by atoms with Crippen LogP contribution in [-0.4, -0.2) is 47.5 Å². The monoisotopic (exact) mass is 171 g/mol. The zero-order valence-corrected chi connectivity index (χ0v) is 7.53. The van der Waals surface area contributed by atoms with Crippen LogP contribution >= 0.6 is 0 Å². The first-order valence-corrected chi connectivity index (χ1v) is 4.67. The highest BCUT2D eigenvalue weighted by atomic mass is 16.3. The molecule has 0 unspecified atom stereocenters. The molecule has 2 aliphatic rings. The van der Waals surface area contributed by atoms with Gasteiger partial charge in [-0.1, -0.05) is 0 Å². The highest BCUT2D eigenvalue weighted by Crippen LogP contribution is 2.44. The minimum Gasteiger partial charge on any atom is -0.393 e. The summed E-state index contributed by atoms with van der Waals surface area (Å²) in [6.45, 7) is 1.97. The van der Waals surface area contributed by atoms with Gasteiger partial charge in [0, 0.05) is 19.0 Å². The van der Waals surface area contributed by atoms with E-state index in [1.54, 1.807) is 0 Å².